The Bertz CT molecular complexity index is 1090. The van der Waals surface area contributed by atoms with E-state index in [1.165, 1.54) is 12.3 Å². The van der Waals surface area contributed by atoms with Crippen molar-refractivity contribution in [2.24, 2.45) is 5.10 Å². The molecule has 0 radical (unpaired) electrons. The lowest BCUT2D eigenvalue weighted by Crippen LogP contribution is -2.24. The highest BCUT2D eigenvalue weighted by atomic mass is 35.5. The smallest absolute Gasteiger partial charge is 0.338 e. The van der Waals surface area contributed by atoms with E-state index in [4.69, 9.17) is 37.1 Å². The Hall–Kier alpha value is -3.29. The molecule has 0 aliphatic heterocycles. The number of carbonyl (C=O) groups excluding carboxylic acids is 2. The molecule has 0 saturated carbocycles. The average molecular weight is 461 g/mol. The van der Waals surface area contributed by atoms with E-state index in [0.29, 0.717) is 39.5 Å². The number of hydrogen-bond acceptors (Lipinski definition) is 6. The van der Waals surface area contributed by atoms with Gasteiger partial charge in [0.05, 0.1) is 23.4 Å². The second kappa shape index (κ2) is 10.7. The SMILES string of the molecule is CCOC(=O)c1ccc(-c2ccc(/C=N/NC(=O)COc3ccc(Cl)cc3Cl)o2)cc1. The Morgan fingerprint density at radius 3 is 2.58 bits per heavy atom. The molecule has 160 valence electrons. The van der Waals surface area contributed by atoms with Gasteiger partial charge in [-0.3, -0.25) is 4.79 Å². The number of nitrogens with zero attached hydrogens (tertiary/aromatic N) is 1. The van der Waals surface area contributed by atoms with Gasteiger partial charge in [0.2, 0.25) is 0 Å². The Kier molecular flexibility index (Phi) is 7.70. The van der Waals surface area contributed by atoms with Gasteiger partial charge in [0.1, 0.15) is 17.3 Å². The maximum atomic E-state index is 11.9. The number of benzene rings is 2. The van der Waals surface area contributed by atoms with Crippen molar-refractivity contribution in [2.75, 3.05) is 13.2 Å². The first-order valence-electron chi connectivity index (χ1n) is 9.23. The lowest BCUT2D eigenvalue weighted by Gasteiger charge is -2.06. The summed E-state index contributed by atoms with van der Waals surface area (Å²) < 4.78 is 16.0. The highest BCUT2D eigenvalue weighted by Crippen LogP contribution is 2.27. The van der Waals surface area contributed by atoms with Crippen LogP contribution in [0.3, 0.4) is 0 Å². The van der Waals surface area contributed by atoms with Crippen molar-refractivity contribution in [3.8, 4) is 17.1 Å². The van der Waals surface area contributed by atoms with Gasteiger partial charge in [0.15, 0.2) is 6.61 Å². The average Bonchev–Trinajstić information content (AvgIpc) is 3.22. The number of hydrazone groups is 1. The Balaban J connectivity index is 1.52. The van der Waals surface area contributed by atoms with Gasteiger partial charge in [-0.25, -0.2) is 10.2 Å². The van der Waals surface area contributed by atoms with Gasteiger partial charge >= 0.3 is 5.97 Å². The third kappa shape index (κ3) is 6.34. The summed E-state index contributed by atoms with van der Waals surface area (Å²) in [4.78, 5) is 23.6. The number of amides is 1. The molecule has 3 rings (SSSR count). The fraction of sp³-hybridized carbons (Fsp3) is 0.136. The molecule has 0 atom stereocenters. The lowest BCUT2D eigenvalue weighted by atomic mass is 10.1. The van der Waals surface area contributed by atoms with Crippen LogP contribution < -0.4 is 10.2 Å². The number of halogens is 2. The molecule has 0 bridgehead atoms. The van der Waals surface area contributed by atoms with Gasteiger partial charge in [0.25, 0.3) is 5.91 Å². The van der Waals surface area contributed by atoms with Gasteiger partial charge in [0, 0.05) is 10.6 Å². The number of esters is 1. The number of rotatable bonds is 8. The van der Waals surface area contributed by atoms with E-state index >= 15 is 0 Å². The van der Waals surface area contributed by atoms with Gasteiger partial charge in [-0.2, -0.15) is 5.10 Å². The Morgan fingerprint density at radius 2 is 1.87 bits per heavy atom. The van der Waals surface area contributed by atoms with Crippen LogP contribution in [0.1, 0.15) is 23.0 Å². The van der Waals surface area contributed by atoms with E-state index in [9.17, 15) is 9.59 Å². The third-order valence-electron chi connectivity index (χ3n) is 3.94. The van der Waals surface area contributed by atoms with Crippen molar-refractivity contribution in [3.05, 3.63) is 76.0 Å². The van der Waals surface area contributed by atoms with Crippen LogP contribution in [0.5, 0.6) is 5.75 Å². The summed E-state index contributed by atoms with van der Waals surface area (Å²) in [6.07, 6.45) is 1.36. The van der Waals surface area contributed by atoms with E-state index in [-0.39, 0.29) is 12.6 Å². The summed E-state index contributed by atoms with van der Waals surface area (Å²) in [5.41, 5.74) is 3.58. The zero-order valence-corrected chi connectivity index (χ0v) is 17.9. The van der Waals surface area contributed by atoms with Crippen molar-refractivity contribution >= 4 is 41.3 Å². The zero-order chi connectivity index (χ0) is 22.2. The quantitative estimate of drug-likeness (QED) is 0.291. The highest BCUT2D eigenvalue weighted by Gasteiger charge is 2.09. The van der Waals surface area contributed by atoms with Gasteiger partial charge in [-0.05, 0) is 49.4 Å². The molecule has 0 saturated heterocycles. The second-order valence-electron chi connectivity index (χ2n) is 6.16. The van der Waals surface area contributed by atoms with Crippen LogP contribution in [-0.2, 0) is 9.53 Å². The van der Waals surface area contributed by atoms with Crippen LogP contribution in [0.15, 0.2) is 64.1 Å². The second-order valence-corrected chi connectivity index (χ2v) is 7.00. The lowest BCUT2D eigenvalue weighted by molar-refractivity contribution is -0.123. The minimum Gasteiger partial charge on any atom is -0.482 e. The summed E-state index contributed by atoms with van der Waals surface area (Å²) in [7, 11) is 0. The molecule has 9 heteroatoms. The summed E-state index contributed by atoms with van der Waals surface area (Å²) in [5, 5.41) is 4.62. The third-order valence-corrected chi connectivity index (χ3v) is 4.47. The van der Waals surface area contributed by atoms with Crippen molar-refractivity contribution in [3.63, 3.8) is 0 Å². The number of carbonyl (C=O) groups is 2. The van der Waals surface area contributed by atoms with E-state index in [1.807, 2.05) is 0 Å². The monoisotopic (exact) mass is 460 g/mol. The van der Waals surface area contributed by atoms with Crippen LogP contribution in [0.2, 0.25) is 10.0 Å². The first-order valence-corrected chi connectivity index (χ1v) is 9.99. The fourth-order valence-electron chi connectivity index (χ4n) is 2.50. The van der Waals surface area contributed by atoms with Gasteiger partial charge in [-0.1, -0.05) is 35.3 Å². The minimum absolute atomic E-state index is 0.269. The largest absolute Gasteiger partial charge is 0.482 e. The summed E-state index contributed by atoms with van der Waals surface area (Å²) in [6, 6.07) is 15.0. The van der Waals surface area contributed by atoms with E-state index in [0.717, 1.165) is 5.56 Å². The first kappa shape index (κ1) is 22.4. The first-order chi connectivity index (χ1) is 15.0. The molecule has 0 unspecified atom stereocenters. The molecular weight excluding hydrogens is 443 g/mol. The number of furan rings is 1. The summed E-state index contributed by atoms with van der Waals surface area (Å²) in [5.74, 6) is 0.521. The van der Waals surface area contributed by atoms with E-state index < -0.39 is 5.91 Å². The van der Waals surface area contributed by atoms with Gasteiger partial charge in [-0.15, -0.1) is 0 Å². The molecule has 3 aromatic rings. The van der Waals surface area contributed by atoms with Crippen LogP contribution >= 0.6 is 23.2 Å². The van der Waals surface area contributed by atoms with Crippen molar-refractivity contribution in [2.45, 2.75) is 6.92 Å². The van der Waals surface area contributed by atoms with Crippen LogP contribution in [-0.4, -0.2) is 31.3 Å². The molecule has 1 heterocycles. The maximum absolute atomic E-state index is 11.9. The maximum Gasteiger partial charge on any atom is 0.338 e. The minimum atomic E-state index is -0.469. The molecule has 1 N–H and O–H groups in total. The molecule has 0 aliphatic rings. The molecule has 31 heavy (non-hydrogen) atoms. The zero-order valence-electron chi connectivity index (χ0n) is 16.4. The van der Waals surface area contributed by atoms with E-state index in [2.05, 4.69) is 10.5 Å². The molecular formula is C22H18Cl2N2O5. The number of nitrogens with one attached hydrogen (secondary N) is 1. The molecule has 1 aromatic heterocycles. The Labute approximate surface area is 188 Å². The summed E-state index contributed by atoms with van der Waals surface area (Å²) in [6.45, 7) is 1.80. The molecule has 0 spiro atoms. The van der Waals surface area contributed by atoms with Crippen molar-refractivity contribution < 1.29 is 23.5 Å². The predicted molar refractivity (Wildman–Crippen MR) is 118 cm³/mol. The molecule has 1 amide bonds. The standard InChI is InChI=1S/C22H18Cl2N2O5/c1-2-29-22(28)15-5-3-14(4-6-15)19-10-8-17(31-19)12-25-26-21(27)13-30-20-9-7-16(23)11-18(20)24/h3-12H,2,13H2,1H3,(H,26,27)/b25-12+. The Morgan fingerprint density at radius 1 is 1.10 bits per heavy atom. The van der Waals surface area contributed by atoms with E-state index in [1.54, 1.807) is 55.5 Å². The van der Waals surface area contributed by atoms with Crippen LogP contribution in [0, 0.1) is 0 Å². The van der Waals surface area contributed by atoms with Crippen molar-refractivity contribution in [1.82, 2.24) is 5.43 Å². The normalized spacial score (nSPS) is 10.8. The predicted octanol–water partition coefficient (Wildman–Crippen LogP) is 4.96. The fourth-order valence-corrected chi connectivity index (χ4v) is 2.96. The highest BCUT2D eigenvalue weighted by molar-refractivity contribution is 6.35. The van der Waals surface area contributed by atoms with Crippen molar-refractivity contribution in [1.29, 1.82) is 0 Å². The molecule has 0 fully saturated rings. The van der Waals surface area contributed by atoms with Crippen LogP contribution in [0.25, 0.3) is 11.3 Å². The topological polar surface area (TPSA) is 90.1 Å². The molecule has 7 nitrogen and oxygen atoms in total. The van der Waals surface area contributed by atoms with Crippen LogP contribution in [0.4, 0.5) is 0 Å². The molecule has 2 aromatic carbocycles. The van der Waals surface area contributed by atoms with Gasteiger partial charge < -0.3 is 13.9 Å². The summed E-state index contributed by atoms with van der Waals surface area (Å²) >= 11 is 11.8. The number of hydrogen-bond donors (Lipinski definition) is 1. The molecule has 0 aliphatic carbocycles. The number of ether oxygens (including phenoxy) is 2.